The lowest BCUT2D eigenvalue weighted by atomic mass is 10.1. The van der Waals surface area contributed by atoms with E-state index in [1.54, 1.807) is 47.1 Å². The van der Waals surface area contributed by atoms with Gasteiger partial charge in [0.05, 0.1) is 29.6 Å². The number of likely N-dealkylation sites (N-methyl/N-ethyl adjacent to an activating group) is 1. The highest BCUT2D eigenvalue weighted by Crippen LogP contribution is 2.31. The van der Waals surface area contributed by atoms with Crippen LogP contribution in [0.5, 0.6) is 11.5 Å². The molecule has 0 unspecified atom stereocenters. The van der Waals surface area contributed by atoms with Crippen molar-refractivity contribution >= 4 is 29.3 Å². The molecular formula is C36H45ClN6O4. The molecule has 1 aromatic heterocycles. The zero-order valence-corrected chi connectivity index (χ0v) is 28.6. The van der Waals surface area contributed by atoms with Crippen LogP contribution in [0.4, 0.5) is 5.69 Å². The van der Waals surface area contributed by atoms with Gasteiger partial charge in [0.2, 0.25) is 0 Å². The van der Waals surface area contributed by atoms with Gasteiger partial charge in [0.15, 0.2) is 6.61 Å². The molecule has 2 aliphatic heterocycles. The Kier molecular flexibility index (Phi) is 11.4. The summed E-state index contributed by atoms with van der Waals surface area (Å²) in [4.78, 5) is 41.0. The summed E-state index contributed by atoms with van der Waals surface area (Å²) in [5.41, 5.74) is 2.70. The van der Waals surface area contributed by atoms with Crippen LogP contribution < -0.4 is 19.9 Å². The Morgan fingerprint density at radius 3 is 2.38 bits per heavy atom. The van der Waals surface area contributed by atoms with Gasteiger partial charge >= 0.3 is 0 Å². The summed E-state index contributed by atoms with van der Waals surface area (Å²) in [5.74, 6) is 1.78. The number of rotatable bonds is 11. The normalized spacial score (nSPS) is 16.2. The molecule has 2 aromatic carbocycles. The fourth-order valence-electron chi connectivity index (χ4n) is 5.82. The second kappa shape index (κ2) is 15.6. The first kappa shape index (κ1) is 34.2. The van der Waals surface area contributed by atoms with Crippen LogP contribution in [-0.4, -0.2) is 102 Å². The third-order valence-electron chi connectivity index (χ3n) is 8.46. The Labute approximate surface area is 282 Å². The van der Waals surface area contributed by atoms with Crippen molar-refractivity contribution in [2.45, 2.75) is 33.4 Å². The minimum Gasteiger partial charge on any atom is -0.489 e. The zero-order chi connectivity index (χ0) is 33.5. The highest BCUT2D eigenvalue weighted by molar-refractivity contribution is 6.30. The van der Waals surface area contributed by atoms with Gasteiger partial charge in [-0.05, 0) is 76.4 Å². The Morgan fingerprint density at radius 1 is 1.02 bits per heavy atom. The number of ether oxygens (including phenoxy) is 2. The van der Waals surface area contributed by atoms with E-state index < -0.39 is 0 Å². The van der Waals surface area contributed by atoms with E-state index in [1.165, 1.54) is 0 Å². The Bertz CT molecular complexity index is 1640. The summed E-state index contributed by atoms with van der Waals surface area (Å²) in [7, 11) is 2.13. The standard InChI is InChI=1S/C36H45ClN6O4/c1-6-7-8-31-27(4)38-34(24-40-17-21-42(22-18-40)35(44)25-46-30-12-9-28(37)10-13-30)43(36(31)45)32-23-29(11-14-33(32)47-26(2)3)41-19-15-39(5)16-20-41/h6-14,23,26H,1,15-22,24-25H2,2-5H3/b8-7-. The molecule has 47 heavy (non-hydrogen) atoms. The third-order valence-corrected chi connectivity index (χ3v) is 8.71. The van der Waals surface area contributed by atoms with Crippen LogP contribution in [0.1, 0.15) is 30.9 Å². The number of halogens is 1. The van der Waals surface area contributed by atoms with Gasteiger partial charge in [-0.1, -0.05) is 30.3 Å². The van der Waals surface area contributed by atoms with Crippen molar-refractivity contribution in [3.8, 4) is 17.2 Å². The van der Waals surface area contributed by atoms with Crippen LogP contribution >= 0.6 is 11.6 Å². The molecule has 0 saturated carbocycles. The predicted molar refractivity (Wildman–Crippen MR) is 188 cm³/mol. The van der Waals surface area contributed by atoms with Gasteiger partial charge in [0.1, 0.15) is 17.3 Å². The van der Waals surface area contributed by atoms with Crippen molar-refractivity contribution in [3.63, 3.8) is 0 Å². The quantitative estimate of drug-likeness (QED) is 0.275. The number of aryl methyl sites for hydroxylation is 1. The molecule has 2 saturated heterocycles. The first-order valence-electron chi connectivity index (χ1n) is 16.2. The van der Waals surface area contributed by atoms with Gasteiger partial charge in [0, 0.05) is 63.1 Å². The van der Waals surface area contributed by atoms with Crippen molar-refractivity contribution in [3.05, 3.63) is 93.7 Å². The summed E-state index contributed by atoms with van der Waals surface area (Å²) < 4.78 is 13.7. The number of carbonyl (C=O) groups is 1. The van der Waals surface area contributed by atoms with E-state index >= 15 is 0 Å². The summed E-state index contributed by atoms with van der Waals surface area (Å²) >= 11 is 5.95. The number of piperazine rings is 2. The first-order chi connectivity index (χ1) is 22.6. The maximum absolute atomic E-state index is 14.3. The van der Waals surface area contributed by atoms with Crippen LogP contribution in [-0.2, 0) is 11.3 Å². The van der Waals surface area contributed by atoms with E-state index in [0.717, 1.165) is 31.9 Å². The van der Waals surface area contributed by atoms with Gasteiger partial charge in [-0.2, -0.15) is 0 Å². The molecule has 3 aromatic rings. The lowest BCUT2D eigenvalue weighted by molar-refractivity contribution is -0.135. The molecule has 0 bridgehead atoms. The summed E-state index contributed by atoms with van der Waals surface area (Å²) in [6.07, 6.45) is 5.09. The molecule has 0 radical (unpaired) electrons. The number of hydrogen-bond acceptors (Lipinski definition) is 8. The molecule has 2 aliphatic rings. The first-order valence-corrected chi connectivity index (χ1v) is 16.6. The lowest BCUT2D eigenvalue weighted by Crippen LogP contribution is -2.50. The number of carbonyl (C=O) groups excluding carboxylic acids is 1. The van der Waals surface area contributed by atoms with E-state index in [1.807, 2.05) is 31.7 Å². The Morgan fingerprint density at radius 2 is 1.72 bits per heavy atom. The molecule has 11 heteroatoms. The topological polar surface area (TPSA) is 83.4 Å². The van der Waals surface area contributed by atoms with Crippen LogP contribution in [0.3, 0.4) is 0 Å². The van der Waals surface area contributed by atoms with E-state index in [2.05, 4.69) is 40.5 Å². The average molecular weight is 661 g/mol. The van der Waals surface area contributed by atoms with Crippen LogP contribution in [0, 0.1) is 6.92 Å². The van der Waals surface area contributed by atoms with E-state index in [9.17, 15) is 9.59 Å². The maximum Gasteiger partial charge on any atom is 0.265 e. The van der Waals surface area contributed by atoms with Crippen molar-refractivity contribution < 1.29 is 14.3 Å². The van der Waals surface area contributed by atoms with Crippen molar-refractivity contribution in [1.29, 1.82) is 0 Å². The second-order valence-corrected chi connectivity index (χ2v) is 12.7. The monoisotopic (exact) mass is 660 g/mol. The van der Waals surface area contributed by atoms with E-state index in [4.69, 9.17) is 26.1 Å². The van der Waals surface area contributed by atoms with Crippen molar-refractivity contribution in [2.75, 3.05) is 70.9 Å². The maximum atomic E-state index is 14.3. The summed E-state index contributed by atoms with van der Waals surface area (Å²) in [6, 6.07) is 13.1. The molecule has 10 nitrogen and oxygen atoms in total. The largest absolute Gasteiger partial charge is 0.489 e. The number of hydrogen-bond donors (Lipinski definition) is 0. The highest BCUT2D eigenvalue weighted by atomic mass is 35.5. The van der Waals surface area contributed by atoms with Gasteiger partial charge in [0.25, 0.3) is 11.5 Å². The fourth-order valence-corrected chi connectivity index (χ4v) is 5.95. The summed E-state index contributed by atoms with van der Waals surface area (Å²) in [5, 5.41) is 0.615. The van der Waals surface area contributed by atoms with E-state index in [0.29, 0.717) is 72.0 Å². The van der Waals surface area contributed by atoms with Gasteiger partial charge in [-0.15, -0.1) is 0 Å². The van der Waals surface area contributed by atoms with Crippen molar-refractivity contribution in [1.82, 2.24) is 24.3 Å². The smallest absolute Gasteiger partial charge is 0.265 e. The predicted octanol–water partition coefficient (Wildman–Crippen LogP) is 4.66. The van der Waals surface area contributed by atoms with Gasteiger partial charge in [-0.25, -0.2) is 4.98 Å². The molecule has 0 N–H and O–H groups in total. The molecular weight excluding hydrogens is 616 g/mol. The third kappa shape index (κ3) is 8.62. The van der Waals surface area contributed by atoms with Crippen LogP contribution in [0.25, 0.3) is 11.8 Å². The van der Waals surface area contributed by atoms with E-state index in [-0.39, 0.29) is 24.2 Å². The van der Waals surface area contributed by atoms with Crippen molar-refractivity contribution in [2.24, 2.45) is 0 Å². The SMILES string of the molecule is C=C/C=C\c1c(C)nc(CN2CCN(C(=O)COc3ccc(Cl)cc3)CC2)n(-c2cc(N3CCN(C)CC3)ccc2OC(C)C)c1=O. The molecule has 0 spiro atoms. The highest BCUT2D eigenvalue weighted by Gasteiger charge is 2.26. The molecule has 250 valence electrons. The Hall–Kier alpha value is -4.12. The lowest BCUT2D eigenvalue weighted by Gasteiger charge is -2.35. The Balaban J connectivity index is 1.42. The van der Waals surface area contributed by atoms with Crippen LogP contribution in [0.15, 0.2) is 66.0 Å². The fraction of sp³-hybridized carbons (Fsp3) is 0.417. The molecule has 0 atom stereocenters. The average Bonchev–Trinajstić information content (AvgIpc) is 3.05. The number of benzene rings is 2. The molecule has 1 amide bonds. The van der Waals surface area contributed by atoms with Crippen LogP contribution in [0.2, 0.25) is 5.02 Å². The number of anilines is 1. The zero-order valence-electron chi connectivity index (χ0n) is 27.8. The second-order valence-electron chi connectivity index (χ2n) is 12.3. The molecule has 5 rings (SSSR count). The number of amides is 1. The van der Waals surface area contributed by atoms with Gasteiger partial charge in [-0.3, -0.25) is 19.1 Å². The molecule has 2 fully saturated rings. The number of allylic oxidation sites excluding steroid dienone is 2. The number of aromatic nitrogens is 2. The minimum absolute atomic E-state index is 0.0378. The minimum atomic E-state index is -0.164. The number of nitrogens with zero attached hydrogens (tertiary/aromatic N) is 6. The molecule has 0 aliphatic carbocycles. The molecule has 3 heterocycles. The van der Waals surface area contributed by atoms with Gasteiger partial charge < -0.3 is 24.2 Å². The summed E-state index contributed by atoms with van der Waals surface area (Å²) in [6.45, 7) is 16.1.